The largest absolute Gasteiger partial charge is 0.544 e. The molecule has 1 heterocycles. The number of nitrogens with zero attached hydrogens (tertiary/aromatic N) is 1. The lowest BCUT2D eigenvalue weighted by Crippen LogP contribution is -2.36. The standard InChI is InChI=1S/C16H25NO3Si/c1-13(18)14-5-6-16(20-21(2,3)4)15(11-14)12-17-7-9-19-10-8-17/h5-6,11H,7-10,12H2,1-4H3. The first kappa shape index (κ1) is 16.2. The molecule has 0 radical (unpaired) electrons. The van der Waals surface area contributed by atoms with Gasteiger partial charge in [-0.15, -0.1) is 0 Å². The smallest absolute Gasteiger partial charge is 0.242 e. The van der Waals surface area contributed by atoms with Gasteiger partial charge in [-0.2, -0.15) is 0 Å². The zero-order valence-electron chi connectivity index (χ0n) is 13.4. The maximum absolute atomic E-state index is 11.6. The molecule has 1 saturated heterocycles. The molecule has 4 nitrogen and oxygen atoms in total. The van der Waals surface area contributed by atoms with Crippen LogP contribution in [-0.2, 0) is 11.3 Å². The Morgan fingerprint density at radius 2 is 1.95 bits per heavy atom. The molecule has 5 heteroatoms. The highest BCUT2D eigenvalue weighted by molar-refractivity contribution is 6.70. The second kappa shape index (κ2) is 6.73. The zero-order valence-corrected chi connectivity index (χ0v) is 14.4. The van der Waals surface area contributed by atoms with Crippen molar-refractivity contribution in [2.45, 2.75) is 33.1 Å². The summed E-state index contributed by atoms with van der Waals surface area (Å²) in [4.78, 5) is 14.0. The highest BCUT2D eigenvalue weighted by Gasteiger charge is 2.20. The molecule has 0 amide bonds. The van der Waals surface area contributed by atoms with Crippen molar-refractivity contribution in [1.29, 1.82) is 0 Å². The lowest BCUT2D eigenvalue weighted by molar-refractivity contribution is 0.0339. The fourth-order valence-electron chi connectivity index (χ4n) is 2.35. The fourth-order valence-corrected chi connectivity index (χ4v) is 3.21. The lowest BCUT2D eigenvalue weighted by atomic mass is 10.1. The van der Waals surface area contributed by atoms with Gasteiger partial charge in [0.25, 0.3) is 0 Å². The number of Topliss-reactive ketones (excluding diaryl/α,β-unsaturated/α-hetero) is 1. The number of carbonyl (C=O) groups is 1. The fraction of sp³-hybridized carbons (Fsp3) is 0.562. The Bertz CT molecular complexity index is 505. The molecule has 0 unspecified atom stereocenters. The summed E-state index contributed by atoms with van der Waals surface area (Å²) in [6.07, 6.45) is 0. The molecule has 0 N–H and O–H groups in total. The minimum absolute atomic E-state index is 0.0952. The number of morpholine rings is 1. The first-order chi connectivity index (χ1) is 9.85. The Kier molecular flexibility index (Phi) is 5.19. The van der Waals surface area contributed by atoms with Gasteiger partial charge in [-0.25, -0.2) is 0 Å². The third kappa shape index (κ3) is 4.95. The van der Waals surface area contributed by atoms with Crippen molar-refractivity contribution >= 4 is 14.1 Å². The predicted molar refractivity (Wildman–Crippen MR) is 86.5 cm³/mol. The quantitative estimate of drug-likeness (QED) is 0.619. The Balaban J connectivity index is 2.24. The van der Waals surface area contributed by atoms with Crippen molar-refractivity contribution in [3.8, 4) is 5.75 Å². The van der Waals surface area contributed by atoms with Crippen LogP contribution in [0.15, 0.2) is 18.2 Å². The van der Waals surface area contributed by atoms with E-state index in [1.807, 2.05) is 18.2 Å². The average Bonchev–Trinajstić information content (AvgIpc) is 2.40. The summed E-state index contributed by atoms with van der Waals surface area (Å²) in [5.74, 6) is 1.02. The van der Waals surface area contributed by atoms with Crippen molar-refractivity contribution in [1.82, 2.24) is 4.90 Å². The van der Waals surface area contributed by atoms with E-state index in [9.17, 15) is 4.79 Å². The Morgan fingerprint density at radius 3 is 2.52 bits per heavy atom. The molecule has 0 atom stereocenters. The predicted octanol–water partition coefficient (Wildman–Crippen LogP) is 2.94. The Hall–Kier alpha value is -1.17. The topological polar surface area (TPSA) is 38.8 Å². The van der Waals surface area contributed by atoms with Gasteiger partial charge >= 0.3 is 0 Å². The maximum atomic E-state index is 11.6. The van der Waals surface area contributed by atoms with Crippen LogP contribution >= 0.6 is 0 Å². The van der Waals surface area contributed by atoms with Crippen LogP contribution in [0, 0.1) is 0 Å². The van der Waals surface area contributed by atoms with E-state index in [0.717, 1.165) is 49.7 Å². The van der Waals surface area contributed by atoms with E-state index in [0.29, 0.717) is 0 Å². The van der Waals surface area contributed by atoms with E-state index >= 15 is 0 Å². The van der Waals surface area contributed by atoms with E-state index in [-0.39, 0.29) is 5.78 Å². The van der Waals surface area contributed by atoms with E-state index in [4.69, 9.17) is 9.16 Å². The van der Waals surface area contributed by atoms with Crippen LogP contribution in [0.4, 0.5) is 0 Å². The first-order valence-corrected chi connectivity index (χ1v) is 10.9. The summed E-state index contributed by atoms with van der Waals surface area (Å²) in [6.45, 7) is 12.3. The van der Waals surface area contributed by atoms with Crippen molar-refractivity contribution in [2.75, 3.05) is 26.3 Å². The number of rotatable bonds is 5. The minimum atomic E-state index is -1.67. The van der Waals surface area contributed by atoms with Gasteiger partial charge in [0.2, 0.25) is 8.32 Å². The van der Waals surface area contributed by atoms with E-state index < -0.39 is 8.32 Å². The summed E-state index contributed by atoms with van der Waals surface area (Å²) in [5, 5.41) is 0. The molecule has 0 aliphatic carbocycles. The van der Waals surface area contributed by atoms with Gasteiger partial charge < -0.3 is 9.16 Å². The average molecular weight is 307 g/mol. The highest BCUT2D eigenvalue weighted by atomic mass is 28.4. The lowest BCUT2D eigenvalue weighted by Gasteiger charge is -2.29. The molecule has 0 saturated carbocycles. The molecule has 21 heavy (non-hydrogen) atoms. The van der Waals surface area contributed by atoms with Gasteiger partial charge in [-0.1, -0.05) is 0 Å². The molecular weight excluding hydrogens is 282 g/mol. The number of ketones is 1. The summed E-state index contributed by atoms with van der Waals surface area (Å²) in [7, 11) is -1.67. The molecule has 2 rings (SSSR count). The summed E-state index contributed by atoms with van der Waals surface area (Å²) < 4.78 is 11.6. The number of hydrogen-bond donors (Lipinski definition) is 0. The molecule has 1 aromatic rings. The number of benzene rings is 1. The third-order valence-corrected chi connectivity index (χ3v) is 4.21. The molecule has 0 aromatic heterocycles. The van der Waals surface area contributed by atoms with Gasteiger partial charge in [0, 0.05) is 30.8 Å². The van der Waals surface area contributed by atoms with E-state index in [1.54, 1.807) is 6.92 Å². The monoisotopic (exact) mass is 307 g/mol. The molecule has 116 valence electrons. The van der Waals surface area contributed by atoms with Gasteiger partial charge in [-0.3, -0.25) is 9.69 Å². The van der Waals surface area contributed by atoms with Crippen molar-refractivity contribution < 1.29 is 14.0 Å². The van der Waals surface area contributed by atoms with Crippen LogP contribution in [0.3, 0.4) is 0 Å². The van der Waals surface area contributed by atoms with Crippen LogP contribution in [0.5, 0.6) is 5.75 Å². The third-order valence-electron chi connectivity index (χ3n) is 3.38. The Morgan fingerprint density at radius 1 is 1.29 bits per heavy atom. The van der Waals surface area contributed by atoms with Crippen molar-refractivity contribution in [3.05, 3.63) is 29.3 Å². The molecule has 0 spiro atoms. The van der Waals surface area contributed by atoms with Gasteiger partial charge in [-0.05, 0) is 44.8 Å². The second-order valence-electron chi connectivity index (χ2n) is 6.48. The van der Waals surface area contributed by atoms with Gasteiger partial charge in [0.1, 0.15) is 5.75 Å². The molecule has 1 aliphatic rings. The number of hydrogen-bond acceptors (Lipinski definition) is 4. The van der Waals surface area contributed by atoms with Gasteiger partial charge in [0.05, 0.1) is 13.2 Å². The molecular formula is C16H25NO3Si. The van der Waals surface area contributed by atoms with Gasteiger partial charge in [0.15, 0.2) is 5.78 Å². The second-order valence-corrected chi connectivity index (χ2v) is 10.9. The van der Waals surface area contributed by atoms with Crippen LogP contribution in [0.25, 0.3) is 0 Å². The summed E-state index contributed by atoms with van der Waals surface area (Å²) >= 11 is 0. The van der Waals surface area contributed by atoms with Crippen LogP contribution in [-0.4, -0.2) is 45.3 Å². The minimum Gasteiger partial charge on any atom is -0.544 e. The zero-order chi connectivity index (χ0) is 15.5. The molecule has 1 fully saturated rings. The normalized spacial score (nSPS) is 16.8. The summed E-state index contributed by atoms with van der Waals surface area (Å²) in [6, 6.07) is 5.79. The van der Waals surface area contributed by atoms with Crippen molar-refractivity contribution in [2.24, 2.45) is 0 Å². The van der Waals surface area contributed by atoms with Crippen LogP contribution in [0.2, 0.25) is 19.6 Å². The van der Waals surface area contributed by atoms with E-state index in [1.165, 1.54) is 0 Å². The van der Waals surface area contributed by atoms with E-state index in [2.05, 4.69) is 24.5 Å². The highest BCUT2D eigenvalue weighted by Crippen LogP contribution is 2.25. The van der Waals surface area contributed by atoms with Crippen LogP contribution in [0.1, 0.15) is 22.8 Å². The Labute approximate surface area is 128 Å². The molecule has 0 bridgehead atoms. The number of ether oxygens (including phenoxy) is 1. The SMILES string of the molecule is CC(=O)c1ccc(O[Si](C)(C)C)c(CN2CCOCC2)c1. The first-order valence-electron chi connectivity index (χ1n) is 7.48. The molecule has 1 aromatic carbocycles. The number of carbonyl (C=O) groups excluding carboxylic acids is 1. The van der Waals surface area contributed by atoms with Crippen molar-refractivity contribution in [3.63, 3.8) is 0 Å². The summed E-state index contributed by atoms with van der Waals surface area (Å²) in [5.41, 5.74) is 1.85. The maximum Gasteiger partial charge on any atom is 0.242 e. The van der Waals surface area contributed by atoms with Crippen LogP contribution < -0.4 is 4.43 Å². The molecule has 1 aliphatic heterocycles.